The maximum absolute atomic E-state index is 11.3. The second-order valence-electron chi connectivity index (χ2n) is 8.62. The minimum absolute atomic E-state index is 0.0232. The van der Waals surface area contributed by atoms with E-state index in [4.69, 9.17) is 11.6 Å². The number of benzene rings is 2. The molecule has 2 atom stereocenters. The summed E-state index contributed by atoms with van der Waals surface area (Å²) in [5.41, 5.74) is 3.02. The maximum Gasteiger partial charge on any atom is 0.303 e. The summed E-state index contributed by atoms with van der Waals surface area (Å²) >= 11 is 6.03. The predicted molar refractivity (Wildman–Crippen MR) is 123 cm³/mol. The second-order valence-corrected chi connectivity index (χ2v) is 9.05. The second kappa shape index (κ2) is 9.27. The zero-order chi connectivity index (χ0) is 21.9. The van der Waals surface area contributed by atoms with Crippen LogP contribution in [-0.4, -0.2) is 34.4 Å². The van der Waals surface area contributed by atoms with Gasteiger partial charge in [0.15, 0.2) is 0 Å². The number of aliphatic carboxylic acids is 1. The van der Waals surface area contributed by atoms with Crippen LogP contribution in [0.15, 0.2) is 42.5 Å². The molecular weight excluding hydrogens is 400 g/mol. The van der Waals surface area contributed by atoms with Crippen LogP contribution >= 0.6 is 11.6 Å². The molecule has 0 radical (unpaired) electrons. The highest BCUT2D eigenvalue weighted by molar-refractivity contribution is 6.30. The maximum atomic E-state index is 11.3. The number of nitrogens with one attached hydrogen (secondary N) is 1. The SMILES string of the molecule is CC[C@H](CC(=O)O)c1ccc(N2CCC[C@@H]2C(C)(C)O)c(Nc2ccc(Cl)cc2)c1. The average Bonchev–Trinajstić information content (AvgIpc) is 3.18. The van der Waals surface area contributed by atoms with Gasteiger partial charge in [-0.05, 0) is 81.0 Å². The molecule has 5 nitrogen and oxygen atoms in total. The van der Waals surface area contributed by atoms with Crippen LogP contribution in [0.3, 0.4) is 0 Å². The number of halogens is 1. The molecule has 1 fully saturated rings. The van der Waals surface area contributed by atoms with Gasteiger partial charge in [0.2, 0.25) is 0 Å². The minimum Gasteiger partial charge on any atom is -0.481 e. The summed E-state index contributed by atoms with van der Waals surface area (Å²) in [6.45, 7) is 6.60. The summed E-state index contributed by atoms with van der Waals surface area (Å²) in [5.74, 6) is -0.842. The molecule has 1 heterocycles. The molecule has 6 heteroatoms. The molecule has 1 aliphatic rings. The largest absolute Gasteiger partial charge is 0.481 e. The van der Waals surface area contributed by atoms with E-state index in [1.54, 1.807) is 0 Å². The lowest BCUT2D eigenvalue weighted by atomic mass is 9.91. The average molecular weight is 431 g/mol. The van der Waals surface area contributed by atoms with Crippen LogP contribution in [0.4, 0.5) is 17.1 Å². The van der Waals surface area contributed by atoms with Gasteiger partial charge in [0, 0.05) is 17.3 Å². The lowest BCUT2D eigenvalue weighted by molar-refractivity contribution is -0.137. The highest BCUT2D eigenvalue weighted by Gasteiger charge is 2.37. The van der Waals surface area contributed by atoms with Crippen LogP contribution in [0, 0.1) is 0 Å². The van der Waals surface area contributed by atoms with Crippen LogP contribution in [0.25, 0.3) is 0 Å². The van der Waals surface area contributed by atoms with E-state index in [1.807, 2.05) is 51.1 Å². The number of carboxylic acids is 1. The Hall–Kier alpha value is -2.24. The number of aliphatic hydroxyl groups is 1. The predicted octanol–water partition coefficient (Wildman–Crippen LogP) is 5.79. The Balaban J connectivity index is 2.02. The van der Waals surface area contributed by atoms with Crippen molar-refractivity contribution in [3.8, 4) is 0 Å². The van der Waals surface area contributed by atoms with E-state index in [0.717, 1.165) is 48.4 Å². The number of rotatable bonds is 8. The summed E-state index contributed by atoms with van der Waals surface area (Å²) in [4.78, 5) is 13.6. The first-order chi connectivity index (χ1) is 14.2. The lowest BCUT2D eigenvalue weighted by Gasteiger charge is -2.36. The fourth-order valence-corrected chi connectivity index (χ4v) is 4.47. The molecule has 0 amide bonds. The lowest BCUT2D eigenvalue weighted by Crippen LogP contribution is -2.46. The Bertz CT molecular complexity index is 877. The summed E-state index contributed by atoms with van der Waals surface area (Å²) in [5, 5.41) is 24.2. The molecule has 3 rings (SSSR count). The third kappa shape index (κ3) is 5.27. The van der Waals surface area contributed by atoms with E-state index >= 15 is 0 Å². The Labute approximate surface area is 183 Å². The monoisotopic (exact) mass is 430 g/mol. The van der Waals surface area contributed by atoms with Gasteiger partial charge in [0.25, 0.3) is 0 Å². The zero-order valence-electron chi connectivity index (χ0n) is 17.9. The first-order valence-corrected chi connectivity index (χ1v) is 10.9. The molecule has 0 saturated carbocycles. The molecule has 1 saturated heterocycles. The molecule has 3 N–H and O–H groups in total. The van der Waals surface area contributed by atoms with E-state index in [2.05, 4.69) is 22.3 Å². The molecular formula is C24H31ClN2O3. The quantitative estimate of drug-likeness (QED) is 0.494. The number of nitrogens with zero attached hydrogens (tertiary/aromatic N) is 1. The van der Waals surface area contributed by atoms with Gasteiger partial charge in [0.05, 0.1) is 29.4 Å². The van der Waals surface area contributed by atoms with Gasteiger partial charge in [-0.25, -0.2) is 0 Å². The molecule has 2 aromatic rings. The number of carbonyl (C=O) groups is 1. The van der Waals surface area contributed by atoms with Crippen LogP contribution in [-0.2, 0) is 4.79 Å². The summed E-state index contributed by atoms with van der Waals surface area (Å²) < 4.78 is 0. The van der Waals surface area contributed by atoms with E-state index in [9.17, 15) is 15.0 Å². The molecule has 0 unspecified atom stereocenters. The van der Waals surface area contributed by atoms with Crippen molar-refractivity contribution in [2.24, 2.45) is 0 Å². The van der Waals surface area contributed by atoms with Crippen LogP contribution in [0.1, 0.15) is 57.9 Å². The van der Waals surface area contributed by atoms with Gasteiger partial charge < -0.3 is 20.4 Å². The smallest absolute Gasteiger partial charge is 0.303 e. The highest BCUT2D eigenvalue weighted by Crippen LogP contribution is 2.39. The van der Waals surface area contributed by atoms with Gasteiger partial charge in [-0.15, -0.1) is 0 Å². The fourth-order valence-electron chi connectivity index (χ4n) is 4.35. The van der Waals surface area contributed by atoms with Gasteiger partial charge >= 0.3 is 5.97 Å². The Morgan fingerprint density at radius 2 is 1.97 bits per heavy atom. The van der Waals surface area contributed by atoms with Crippen molar-refractivity contribution in [2.45, 2.75) is 64.0 Å². The summed E-state index contributed by atoms with van der Waals surface area (Å²) in [7, 11) is 0. The van der Waals surface area contributed by atoms with E-state index in [-0.39, 0.29) is 18.4 Å². The standard InChI is InChI=1S/C24H31ClN2O3/c1-4-16(15-23(28)29)17-7-12-21(27-13-5-6-22(27)24(2,3)30)20(14-17)26-19-10-8-18(25)9-11-19/h7-12,14,16,22,26,30H,4-6,13,15H2,1-3H3,(H,28,29)/t16-,22-/m1/s1. The van der Waals surface area contributed by atoms with Gasteiger partial charge in [-0.1, -0.05) is 24.6 Å². The number of carboxylic acid groups (broad SMARTS) is 1. The molecule has 0 bridgehead atoms. The number of anilines is 3. The molecule has 1 aliphatic heterocycles. The van der Waals surface area contributed by atoms with Gasteiger partial charge in [-0.3, -0.25) is 4.79 Å². The molecule has 0 aliphatic carbocycles. The van der Waals surface area contributed by atoms with Crippen molar-refractivity contribution >= 4 is 34.6 Å². The fraction of sp³-hybridized carbons (Fsp3) is 0.458. The summed E-state index contributed by atoms with van der Waals surface area (Å²) in [6.07, 6.45) is 2.81. The first kappa shape index (κ1) is 22.4. The molecule has 162 valence electrons. The van der Waals surface area contributed by atoms with Crippen LogP contribution < -0.4 is 10.2 Å². The molecule has 30 heavy (non-hydrogen) atoms. The van der Waals surface area contributed by atoms with Crippen molar-refractivity contribution in [2.75, 3.05) is 16.8 Å². The van der Waals surface area contributed by atoms with Gasteiger partial charge in [0.1, 0.15) is 0 Å². The van der Waals surface area contributed by atoms with E-state index in [1.165, 1.54) is 0 Å². The zero-order valence-corrected chi connectivity index (χ0v) is 18.6. The van der Waals surface area contributed by atoms with Crippen molar-refractivity contribution in [3.05, 3.63) is 53.1 Å². The minimum atomic E-state index is -0.817. The van der Waals surface area contributed by atoms with Crippen molar-refractivity contribution < 1.29 is 15.0 Å². The highest BCUT2D eigenvalue weighted by atomic mass is 35.5. The molecule has 0 spiro atoms. The van der Waals surface area contributed by atoms with Crippen molar-refractivity contribution in [1.29, 1.82) is 0 Å². The first-order valence-electron chi connectivity index (χ1n) is 10.6. The van der Waals surface area contributed by atoms with Crippen molar-refractivity contribution in [1.82, 2.24) is 0 Å². The van der Waals surface area contributed by atoms with Gasteiger partial charge in [-0.2, -0.15) is 0 Å². The topological polar surface area (TPSA) is 72.8 Å². The third-order valence-electron chi connectivity index (χ3n) is 5.91. The third-order valence-corrected chi connectivity index (χ3v) is 6.16. The van der Waals surface area contributed by atoms with Crippen molar-refractivity contribution in [3.63, 3.8) is 0 Å². The Kier molecular flexibility index (Phi) is 6.94. The Morgan fingerprint density at radius 3 is 2.57 bits per heavy atom. The normalized spacial score (nSPS) is 17.8. The van der Waals surface area contributed by atoms with Crippen LogP contribution in [0.5, 0.6) is 0 Å². The molecule has 0 aromatic heterocycles. The summed E-state index contributed by atoms with van der Waals surface area (Å²) in [6, 6.07) is 13.7. The Morgan fingerprint density at radius 1 is 1.27 bits per heavy atom. The number of hydrogen-bond donors (Lipinski definition) is 3. The van der Waals surface area contributed by atoms with Crippen LogP contribution in [0.2, 0.25) is 5.02 Å². The molecule has 2 aromatic carbocycles. The number of hydrogen-bond acceptors (Lipinski definition) is 4. The van der Waals surface area contributed by atoms with E-state index < -0.39 is 11.6 Å². The van der Waals surface area contributed by atoms with E-state index in [0.29, 0.717) is 5.02 Å².